The molecule has 1 aromatic heterocycles. The highest BCUT2D eigenvalue weighted by atomic mass is 19.4. The Labute approximate surface area is 147 Å². The summed E-state index contributed by atoms with van der Waals surface area (Å²) in [6, 6.07) is 14.0. The van der Waals surface area contributed by atoms with E-state index in [2.05, 4.69) is 10.3 Å². The van der Waals surface area contributed by atoms with Gasteiger partial charge in [-0.05, 0) is 31.2 Å². The Morgan fingerprint density at radius 2 is 1.73 bits per heavy atom. The van der Waals surface area contributed by atoms with Gasteiger partial charge in [0.25, 0.3) is 0 Å². The van der Waals surface area contributed by atoms with Gasteiger partial charge in [-0.3, -0.25) is 4.79 Å². The second-order valence-corrected chi connectivity index (χ2v) is 5.66. The van der Waals surface area contributed by atoms with Crippen molar-refractivity contribution in [2.75, 3.05) is 5.32 Å². The molecule has 0 unspecified atom stereocenters. The van der Waals surface area contributed by atoms with E-state index in [-0.39, 0.29) is 12.1 Å². The van der Waals surface area contributed by atoms with Crippen molar-refractivity contribution in [3.05, 3.63) is 71.6 Å². The number of amides is 1. The van der Waals surface area contributed by atoms with E-state index in [0.29, 0.717) is 17.3 Å². The minimum absolute atomic E-state index is 0.210. The molecule has 0 saturated carbocycles. The Bertz CT molecular complexity index is 918. The average Bonchev–Trinajstić information content (AvgIpc) is 2.96. The maximum Gasteiger partial charge on any atom is 0.418 e. The molecule has 0 radical (unpaired) electrons. The fourth-order valence-corrected chi connectivity index (χ4v) is 2.48. The van der Waals surface area contributed by atoms with Crippen LogP contribution in [0.4, 0.5) is 18.9 Å². The summed E-state index contributed by atoms with van der Waals surface area (Å²) in [5.41, 5.74) is 0.0888. The maximum absolute atomic E-state index is 13.0. The van der Waals surface area contributed by atoms with Gasteiger partial charge in [-0.25, -0.2) is 4.98 Å². The number of nitrogens with zero attached hydrogens (tertiary/aromatic N) is 1. The van der Waals surface area contributed by atoms with Crippen LogP contribution in [0.15, 0.2) is 59.0 Å². The molecule has 1 N–H and O–H groups in total. The lowest BCUT2D eigenvalue weighted by Gasteiger charge is -2.13. The van der Waals surface area contributed by atoms with Crippen molar-refractivity contribution in [1.82, 2.24) is 4.98 Å². The lowest BCUT2D eigenvalue weighted by molar-refractivity contribution is -0.137. The van der Waals surface area contributed by atoms with Crippen LogP contribution < -0.4 is 5.32 Å². The monoisotopic (exact) mass is 360 g/mol. The zero-order chi connectivity index (χ0) is 18.7. The molecule has 0 aliphatic rings. The van der Waals surface area contributed by atoms with E-state index in [1.165, 1.54) is 18.2 Å². The molecule has 1 amide bonds. The first-order valence-electron chi connectivity index (χ1n) is 7.82. The summed E-state index contributed by atoms with van der Waals surface area (Å²) in [6.45, 7) is 1.68. The van der Waals surface area contributed by atoms with E-state index in [9.17, 15) is 18.0 Å². The molecule has 7 heteroatoms. The number of rotatable bonds is 4. The van der Waals surface area contributed by atoms with Gasteiger partial charge in [-0.15, -0.1) is 0 Å². The van der Waals surface area contributed by atoms with Gasteiger partial charge in [0.1, 0.15) is 5.76 Å². The van der Waals surface area contributed by atoms with E-state index in [4.69, 9.17) is 4.42 Å². The Kier molecular flexibility index (Phi) is 4.79. The van der Waals surface area contributed by atoms with Gasteiger partial charge in [0.05, 0.1) is 23.4 Å². The summed E-state index contributed by atoms with van der Waals surface area (Å²) in [6.07, 6.45) is -4.76. The minimum atomic E-state index is -4.55. The molecular weight excluding hydrogens is 345 g/mol. The number of carbonyl (C=O) groups is 1. The number of nitrogens with one attached hydrogen (secondary N) is 1. The highest BCUT2D eigenvalue weighted by molar-refractivity contribution is 5.93. The third-order valence-corrected chi connectivity index (χ3v) is 3.74. The molecular formula is C19H15F3N2O2. The van der Waals surface area contributed by atoms with E-state index in [1.54, 1.807) is 6.92 Å². The number of halogens is 3. The minimum Gasteiger partial charge on any atom is -0.440 e. The van der Waals surface area contributed by atoms with Gasteiger partial charge in [-0.1, -0.05) is 30.3 Å². The first kappa shape index (κ1) is 17.7. The molecule has 26 heavy (non-hydrogen) atoms. The van der Waals surface area contributed by atoms with Crippen LogP contribution in [-0.4, -0.2) is 10.9 Å². The fraction of sp³-hybridized carbons (Fsp3) is 0.158. The highest BCUT2D eigenvalue weighted by Crippen LogP contribution is 2.34. The first-order valence-corrected chi connectivity index (χ1v) is 7.82. The van der Waals surface area contributed by atoms with Gasteiger partial charge >= 0.3 is 6.18 Å². The van der Waals surface area contributed by atoms with Crippen molar-refractivity contribution in [3.63, 3.8) is 0 Å². The number of benzene rings is 2. The third kappa shape index (κ3) is 3.93. The lowest BCUT2D eigenvalue weighted by Crippen LogP contribution is -2.18. The summed E-state index contributed by atoms with van der Waals surface area (Å²) >= 11 is 0. The van der Waals surface area contributed by atoms with Crippen molar-refractivity contribution in [1.29, 1.82) is 0 Å². The molecule has 0 saturated heterocycles. The van der Waals surface area contributed by atoms with Crippen molar-refractivity contribution >= 4 is 11.6 Å². The van der Waals surface area contributed by atoms with Gasteiger partial charge in [0.15, 0.2) is 0 Å². The molecule has 0 fully saturated rings. The average molecular weight is 360 g/mol. The van der Waals surface area contributed by atoms with Crippen molar-refractivity contribution in [2.24, 2.45) is 0 Å². The molecule has 134 valence electrons. The SMILES string of the molecule is Cc1nc(-c2ccccc2)oc1CC(=O)Nc1ccccc1C(F)(F)F. The normalized spacial score (nSPS) is 11.4. The smallest absolute Gasteiger partial charge is 0.418 e. The van der Waals surface area contributed by atoms with Crippen LogP contribution in [0.2, 0.25) is 0 Å². The molecule has 4 nitrogen and oxygen atoms in total. The van der Waals surface area contributed by atoms with Crippen LogP contribution >= 0.6 is 0 Å². The first-order chi connectivity index (χ1) is 12.3. The van der Waals surface area contributed by atoms with Crippen LogP contribution in [0.25, 0.3) is 11.5 Å². The lowest BCUT2D eigenvalue weighted by atomic mass is 10.1. The summed E-state index contributed by atoms with van der Waals surface area (Å²) in [5, 5.41) is 2.30. The zero-order valence-electron chi connectivity index (χ0n) is 13.8. The van der Waals surface area contributed by atoms with E-state index in [1.807, 2.05) is 30.3 Å². The number of alkyl halides is 3. The number of aromatic nitrogens is 1. The third-order valence-electron chi connectivity index (χ3n) is 3.74. The topological polar surface area (TPSA) is 55.1 Å². The largest absolute Gasteiger partial charge is 0.440 e. The summed E-state index contributed by atoms with van der Waals surface area (Å²) in [4.78, 5) is 16.5. The number of oxazole rings is 1. The number of aryl methyl sites for hydroxylation is 1. The molecule has 0 aliphatic carbocycles. The van der Waals surface area contributed by atoms with Gasteiger partial charge in [0.2, 0.25) is 11.8 Å². The molecule has 0 atom stereocenters. The maximum atomic E-state index is 13.0. The molecule has 0 bridgehead atoms. The molecule has 3 aromatic rings. The molecule has 0 spiro atoms. The predicted molar refractivity (Wildman–Crippen MR) is 90.5 cm³/mol. The molecule has 3 rings (SSSR count). The second-order valence-electron chi connectivity index (χ2n) is 5.66. The number of anilines is 1. The van der Waals surface area contributed by atoms with Gasteiger partial charge in [0, 0.05) is 5.56 Å². The Morgan fingerprint density at radius 1 is 1.08 bits per heavy atom. The zero-order valence-corrected chi connectivity index (χ0v) is 13.8. The van der Waals surface area contributed by atoms with Crippen LogP contribution in [0.3, 0.4) is 0 Å². The van der Waals surface area contributed by atoms with Crippen LogP contribution in [-0.2, 0) is 17.4 Å². The van der Waals surface area contributed by atoms with Crippen LogP contribution in [0.5, 0.6) is 0 Å². The highest BCUT2D eigenvalue weighted by Gasteiger charge is 2.33. The predicted octanol–water partition coefficient (Wildman–Crippen LogP) is 4.85. The molecule has 1 heterocycles. The van der Waals surface area contributed by atoms with Gasteiger partial charge < -0.3 is 9.73 Å². The van der Waals surface area contributed by atoms with Crippen molar-refractivity contribution in [2.45, 2.75) is 19.5 Å². The quantitative estimate of drug-likeness (QED) is 0.724. The Balaban J connectivity index is 1.77. The van der Waals surface area contributed by atoms with E-state index >= 15 is 0 Å². The number of carbonyl (C=O) groups excluding carboxylic acids is 1. The summed E-state index contributed by atoms with van der Waals surface area (Å²) in [5.74, 6) is 0.0630. The molecule has 0 aliphatic heterocycles. The van der Waals surface area contributed by atoms with Crippen molar-refractivity contribution < 1.29 is 22.4 Å². The number of para-hydroxylation sites is 1. The van der Waals surface area contributed by atoms with Crippen LogP contribution in [0.1, 0.15) is 17.0 Å². The number of hydrogen-bond donors (Lipinski definition) is 1. The second kappa shape index (κ2) is 7.03. The Hall–Kier alpha value is -3.09. The summed E-state index contributed by atoms with van der Waals surface area (Å²) in [7, 11) is 0. The van der Waals surface area contributed by atoms with E-state index in [0.717, 1.165) is 11.6 Å². The van der Waals surface area contributed by atoms with Crippen molar-refractivity contribution in [3.8, 4) is 11.5 Å². The van der Waals surface area contributed by atoms with Gasteiger partial charge in [-0.2, -0.15) is 13.2 Å². The van der Waals surface area contributed by atoms with Crippen LogP contribution in [0, 0.1) is 6.92 Å². The number of hydrogen-bond acceptors (Lipinski definition) is 3. The summed E-state index contributed by atoms with van der Waals surface area (Å²) < 4.78 is 44.6. The Morgan fingerprint density at radius 3 is 2.42 bits per heavy atom. The standard InChI is InChI=1S/C19H15F3N2O2/c1-12-16(26-18(23-12)13-7-3-2-4-8-13)11-17(25)24-15-10-6-5-9-14(15)19(20,21)22/h2-10H,11H2,1H3,(H,24,25). The fourth-order valence-electron chi connectivity index (χ4n) is 2.48. The molecule has 2 aromatic carbocycles. The van der Waals surface area contributed by atoms with E-state index < -0.39 is 17.6 Å².